The van der Waals surface area contributed by atoms with Crippen LogP contribution >= 0.6 is 0 Å². The highest BCUT2D eigenvalue weighted by Gasteiger charge is 2.32. The Morgan fingerprint density at radius 1 is 1.42 bits per heavy atom. The van der Waals surface area contributed by atoms with Crippen molar-refractivity contribution >= 4 is 5.97 Å². The predicted octanol–water partition coefficient (Wildman–Crippen LogP) is 2.37. The molecule has 0 spiro atoms. The predicted molar refractivity (Wildman–Crippen MR) is 76.0 cm³/mol. The van der Waals surface area contributed by atoms with Gasteiger partial charge < -0.3 is 14.8 Å². The molecular formula is C15H29NO3. The van der Waals surface area contributed by atoms with E-state index >= 15 is 0 Å². The van der Waals surface area contributed by atoms with Crippen molar-refractivity contribution < 1.29 is 14.3 Å². The molecule has 1 rings (SSSR count). The van der Waals surface area contributed by atoms with Gasteiger partial charge in [-0.05, 0) is 45.1 Å². The van der Waals surface area contributed by atoms with Crippen LogP contribution in [0.5, 0.6) is 0 Å². The van der Waals surface area contributed by atoms with Gasteiger partial charge in [0.1, 0.15) is 5.54 Å². The average Bonchev–Trinajstić information content (AvgIpc) is 2.42. The minimum Gasteiger partial charge on any atom is -0.468 e. The molecule has 1 saturated carbocycles. The minimum atomic E-state index is -0.644. The quantitative estimate of drug-likeness (QED) is 0.570. The van der Waals surface area contributed by atoms with Crippen molar-refractivity contribution in [1.82, 2.24) is 5.32 Å². The van der Waals surface area contributed by atoms with Crippen molar-refractivity contribution in [1.29, 1.82) is 0 Å². The molecule has 0 heterocycles. The summed E-state index contributed by atoms with van der Waals surface area (Å²) in [5.41, 5.74) is -0.644. The van der Waals surface area contributed by atoms with Crippen LogP contribution in [0.25, 0.3) is 0 Å². The molecule has 0 saturated heterocycles. The topological polar surface area (TPSA) is 47.6 Å². The maximum atomic E-state index is 11.7. The zero-order chi connectivity index (χ0) is 14.3. The molecule has 0 aromatic carbocycles. The first-order valence-corrected chi connectivity index (χ1v) is 7.37. The second kappa shape index (κ2) is 7.85. The Bertz CT molecular complexity index is 283. The van der Waals surface area contributed by atoms with Gasteiger partial charge in [0.05, 0.1) is 7.11 Å². The van der Waals surface area contributed by atoms with Gasteiger partial charge in [-0.25, -0.2) is 0 Å². The van der Waals surface area contributed by atoms with E-state index in [2.05, 4.69) is 12.2 Å². The van der Waals surface area contributed by atoms with Crippen LogP contribution in [0.2, 0.25) is 0 Å². The van der Waals surface area contributed by atoms with Gasteiger partial charge in [-0.15, -0.1) is 0 Å². The summed E-state index contributed by atoms with van der Waals surface area (Å²) in [7, 11) is 3.20. The molecule has 1 fully saturated rings. The van der Waals surface area contributed by atoms with Crippen molar-refractivity contribution in [3.8, 4) is 0 Å². The molecule has 3 unspecified atom stereocenters. The largest absolute Gasteiger partial charge is 0.468 e. The SMILES string of the molecule is CNC(C)(CCOCC1CCCC(C)C1)C(=O)OC. The van der Waals surface area contributed by atoms with Crippen LogP contribution in [0.15, 0.2) is 0 Å². The molecular weight excluding hydrogens is 242 g/mol. The van der Waals surface area contributed by atoms with Crippen LogP contribution in [0.3, 0.4) is 0 Å². The minimum absolute atomic E-state index is 0.232. The van der Waals surface area contributed by atoms with Gasteiger partial charge in [-0.1, -0.05) is 19.8 Å². The van der Waals surface area contributed by atoms with E-state index in [0.717, 1.165) is 12.5 Å². The van der Waals surface area contributed by atoms with Crippen molar-refractivity contribution in [2.24, 2.45) is 11.8 Å². The molecule has 4 nitrogen and oxygen atoms in total. The maximum Gasteiger partial charge on any atom is 0.325 e. The summed E-state index contributed by atoms with van der Waals surface area (Å²) in [5, 5.41) is 3.02. The van der Waals surface area contributed by atoms with E-state index in [1.165, 1.54) is 32.8 Å². The number of ether oxygens (including phenoxy) is 2. The zero-order valence-corrected chi connectivity index (χ0v) is 12.8. The third-order valence-corrected chi connectivity index (χ3v) is 4.33. The van der Waals surface area contributed by atoms with Crippen LogP contribution in [0.4, 0.5) is 0 Å². The second-order valence-corrected chi connectivity index (χ2v) is 6.04. The number of hydrogen-bond acceptors (Lipinski definition) is 4. The molecule has 4 heteroatoms. The summed E-state index contributed by atoms with van der Waals surface area (Å²) in [4.78, 5) is 11.7. The van der Waals surface area contributed by atoms with Crippen LogP contribution in [0, 0.1) is 11.8 Å². The lowest BCUT2D eigenvalue weighted by Gasteiger charge is -2.28. The molecule has 1 aliphatic rings. The molecule has 112 valence electrons. The van der Waals surface area contributed by atoms with Crippen molar-refractivity contribution in [3.05, 3.63) is 0 Å². The summed E-state index contributed by atoms with van der Waals surface area (Å²) in [6.45, 7) is 5.59. The highest BCUT2D eigenvalue weighted by atomic mass is 16.5. The smallest absolute Gasteiger partial charge is 0.325 e. The summed E-state index contributed by atoms with van der Waals surface area (Å²) < 4.78 is 10.6. The van der Waals surface area contributed by atoms with Crippen LogP contribution in [-0.2, 0) is 14.3 Å². The first-order chi connectivity index (χ1) is 9.01. The number of likely N-dealkylation sites (N-methyl/N-ethyl adjacent to an activating group) is 1. The first kappa shape index (κ1) is 16.4. The Morgan fingerprint density at radius 3 is 2.74 bits per heavy atom. The Kier molecular flexibility index (Phi) is 6.80. The Morgan fingerprint density at radius 2 is 2.16 bits per heavy atom. The van der Waals surface area contributed by atoms with Gasteiger partial charge in [0.25, 0.3) is 0 Å². The molecule has 0 bridgehead atoms. The molecule has 1 N–H and O–H groups in total. The lowest BCUT2D eigenvalue weighted by Crippen LogP contribution is -2.49. The van der Waals surface area contributed by atoms with E-state index in [-0.39, 0.29) is 5.97 Å². The summed E-state index contributed by atoms with van der Waals surface area (Å²) in [5.74, 6) is 1.30. The Labute approximate surface area is 117 Å². The van der Waals surface area contributed by atoms with Gasteiger partial charge in [-0.3, -0.25) is 4.79 Å². The monoisotopic (exact) mass is 271 g/mol. The van der Waals surface area contributed by atoms with Crippen LogP contribution in [-0.4, -0.2) is 38.9 Å². The molecule has 0 aromatic heterocycles. The third kappa shape index (κ3) is 5.11. The van der Waals surface area contributed by atoms with Crippen molar-refractivity contribution in [2.45, 2.75) is 51.5 Å². The summed E-state index contributed by atoms with van der Waals surface area (Å²) in [6, 6.07) is 0. The molecule has 0 aromatic rings. The Balaban J connectivity index is 2.23. The van der Waals surface area contributed by atoms with Gasteiger partial charge in [0.2, 0.25) is 0 Å². The van der Waals surface area contributed by atoms with Gasteiger partial charge in [0.15, 0.2) is 0 Å². The van der Waals surface area contributed by atoms with E-state index in [4.69, 9.17) is 9.47 Å². The highest BCUT2D eigenvalue weighted by molar-refractivity contribution is 5.80. The number of rotatable bonds is 7. The van der Waals surface area contributed by atoms with E-state index in [1.807, 2.05) is 6.92 Å². The molecule has 1 aliphatic carbocycles. The number of nitrogens with one attached hydrogen (secondary N) is 1. The van der Waals surface area contributed by atoms with Gasteiger partial charge >= 0.3 is 5.97 Å². The number of hydrogen-bond donors (Lipinski definition) is 1. The molecule has 19 heavy (non-hydrogen) atoms. The van der Waals surface area contributed by atoms with Crippen LogP contribution < -0.4 is 5.32 Å². The van der Waals surface area contributed by atoms with Crippen molar-refractivity contribution in [2.75, 3.05) is 27.4 Å². The highest BCUT2D eigenvalue weighted by Crippen LogP contribution is 2.28. The molecule has 3 atom stereocenters. The lowest BCUT2D eigenvalue weighted by molar-refractivity contribution is -0.148. The van der Waals surface area contributed by atoms with Gasteiger partial charge in [0, 0.05) is 13.2 Å². The van der Waals surface area contributed by atoms with Gasteiger partial charge in [-0.2, -0.15) is 0 Å². The fourth-order valence-electron chi connectivity index (χ4n) is 2.79. The second-order valence-electron chi connectivity index (χ2n) is 6.04. The molecule has 0 amide bonds. The molecule has 0 radical (unpaired) electrons. The zero-order valence-electron chi connectivity index (χ0n) is 12.8. The molecule has 0 aliphatic heterocycles. The fraction of sp³-hybridized carbons (Fsp3) is 0.933. The fourth-order valence-corrected chi connectivity index (χ4v) is 2.79. The number of esters is 1. The number of carbonyl (C=O) groups excluding carboxylic acids is 1. The first-order valence-electron chi connectivity index (χ1n) is 7.37. The normalized spacial score (nSPS) is 26.7. The van der Waals surface area contributed by atoms with E-state index in [1.54, 1.807) is 7.05 Å². The lowest BCUT2D eigenvalue weighted by atomic mass is 9.83. The average molecular weight is 271 g/mol. The Hall–Kier alpha value is -0.610. The van der Waals surface area contributed by atoms with Crippen molar-refractivity contribution in [3.63, 3.8) is 0 Å². The standard InChI is InChI=1S/C15H29NO3/c1-12-6-5-7-13(10-12)11-19-9-8-15(2,16-3)14(17)18-4/h12-13,16H,5-11H2,1-4H3. The number of methoxy groups -OCH3 is 1. The third-order valence-electron chi connectivity index (χ3n) is 4.33. The number of carbonyl (C=O) groups is 1. The van der Waals surface area contributed by atoms with E-state index < -0.39 is 5.54 Å². The maximum absolute atomic E-state index is 11.7. The summed E-state index contributed by atoms with van der Waals surface area (Å²) in [6.07, 6.45) is 5.88. The van der Waals surface area contributed by atoms with E-state index in [0.29, 0.717) is 18.9 Å². The van der Waals surface area contributed by atoms with Crippen LogP contribution in [0.1, 0.15) is 46.0 Å². The van der Waals surface area contributed by atoms with E-state index in [9.17, 15) is 4.79 Å². The summed E-state index contributed by atoms with van der Waals surface area (Å²) >= 11 is 0.